The molecule has 0 bridgehead atoms. The second-order valence-electron chi connectivity index (χ2n) is 9.23. The van der Waals surface area contributed by atoms with Crippen LogP contribution in [0.3, 0.4) is 0 Å². The van der Waals surface area contributed by atoms with Crippen LogP contribution in [-0.2, 0) is 14.3 Å². The van der Waals surface area contributed by atoms with E-state index in [-0.39, 0.29) is 30.9 Å². The first-order valence-corrected chi connectivity index (χ1v) is 12.7. The summed E-state index contributed by atoms with van der Waals surface area (Å²) in [6.07, 6.45) is 1.66. The number of carbonyl (C=O) groups is 3. The van der Waals surface area contributed by atoms with Gasteiger partial charge in [0.25, 0.3) is 11.8 Å². The fraction of sp³-hybridized carbons (Fsp3) is 0.400. The first-order chi connectivity index (χ1) is 17.8. The van der Waals surface area contributed by atoms with Gasteiger partial charge in [-0.25, -0.2) is 0 Å². The molecule has 0 aliphatic carbocycles. The van der Waals surface area contributed by atoms with Crippen LogP contribution in [0.2, 0.25) is 0 Å². The van der Waals surface area contributed by atoms with Crippen LogP contribution in [0.1, 0.15) is 80.9 Å². The molecule has 0 spiro atoms. The summed E-state index contributed by atoms with van der Waals surface area (Å²) in [6, 6.07) is 14.9. The summed E-state index contributed by atoms with van der Waals surface area (Å²) in [4.78, 5) is 43.9. The molecule has 7 heteroatoms. The molecule has 1 heterocycles. The molecule has 2 aromatic carbocycles. The van der Waals surface area contributed by atoms with E-state index in [1.165, 1.54) is 4.90 Å². The third kappa shape index (κ3) is 6.37. The van der Waals surface area contributed by atoms with Crippen LogP contribution in [0.4, 0.5) is 5.69 Å². The zero-order chi connectivity index (χ0) is 26.9. The number of nitrogens with zero attached hydrogens (tertiary/aromatic N) is 3. The van der Waals surface area contributed by atoms with Gasteiger partial charge in [0, 0.05) is 30.5 Å². The summed E-state index contributed by atoms with van der Waals surface area (Å²) in [5.74, 6) is 5.13. The molecule has 0 fully saturated rings. The molecule has 2 atom stereocenters. The quantitative estimate of drug-likeness (QED) is 0.289. The fourth-order valence-corrected chi connectivity index (χ4v) is 4.53. The molecular weight excluding hydrogens is 466 g/mol. The van der Waals surface area contributed by atoms with Crippen molar-refractivity contribution in [3.05, 3.63) is 65.2 Å². The summed E-state index contributed by atoms with van der Waals surface area (Å²) in [7, 11) is 0. The van der Waals surface area contributed by atoms with Gasteiger partial charge in [0.1, 0.15) is 6.04 Å². The van der Waals surface area contributed by atoms with Gasteiger partial charge in [-0.3, -0.25) is 14.4 Å². The average molecular weight is 500 g/mol. The number of nitriles is 1. The molecule has 0 saturated carbocycles. The molecule has 192 valence electrons. The van der Waals surface area contributed by atoms with Gasteiger partial charge in [0.2, 0.25) is 0 Å². The van der Waals surface area contributed by atoms with Crippen molar-refractivity contribution in [1.29, 1.82) is 5.26 Å². The molecule has 0 saturated heterocycles. The van der Waals surface area contributed by atoms with Crippen molar-refractivity contribution in [2.45, 2.75) is 71.5 Å². The highest BCUT2D eigenvalue weighted by molar-refractivity contribution is 6.11. The number of hydrogen-bond acceptors (Lipinski definition) is 5. The minimum atomic E-state index is -0.909. The monoisotopic (exact) mass is 499 g/mol. The van der Waals surface area contributed by atoms with Crippen molar-refractivity contribution >= 4 is 23.5 Å². The van der Waals surface area contributed by atoms with E-state index in [0.717, 1.165) is 0 Å². The average Bonchev–Trinajstić information content (AvgIpc) is 2.96. The van der Waals surface area contributed by atoms with Crippen molar-refractivity contribution in [1.82, 2.24) is 4.90 Å². The van der Waals surface area contributed by atoms with E-state index >= 15 is 0 Å². The lowest BCUT2D eigenvalue weighted by molar-refractivity contribution is -0.144. The third-order valence-corrected chi connectivity index (χ3v) is 6.17. The van der Waals surface area contributed by atoms with E-state index in [4.69, 9.17) is 10.00 Å². The van der Waals surface area contributed by atoms with E-state index < -0.39 is 18.1 Å². The molecular formula is C30H33N3O4. The number of amides is 2. The van der Waals surface area contributed by atoms with Gasteiger partial charge in [-0.2, -0.15) is 5.26 Å². The lowest BCUT2D eigenvalue weighted by Gasteiger charge is -2.36. The van der Waals surface area contributed by atoms with Crippen LogP contribution in [0.5, 0.6) is 0 Å². The maximum atomic E-state index is 14.2. The zero-order valence-corrected chi connectivity index (χ0v) is 21.9. The second-order valence-corrected chi connectivity index (χ2v) is 9.23. The van der Waals surface area contributed by atoms with E-state index in [1.54, 1.807) is 36.9 Å². The molecule has 0 N–H and O–H groups in total. The Kier molecular flexibility index (Phi) is 9.46. The summed E-state index contributed by atoms with van der Waals surface area (Å²) in [5.41, 5.74) is 2.20. The van der Waals surface area contributed by atoms with E-state index in [1.807, 2.05) is 44.2 Å². The van der Waals surface area contributed by atoms with Gasteiger partial charge in [0.15, 0.2) is 0 Å². The van der Waals surface area contributed by atoms with Crippen LogP contribution < -0.4 is 4.90 Å². The standard InChI is InChI=1S/C30H33N3O4/c1-5-37-27(34)19-22(4)33-28(24-14-10-8-11-15-24)30(36)32(21(2)3)26-17-16-23(20-25(26)29(33)35)13-9-6-7-12-18-31/h8,10-11,14-17,20-22,28H,5-7,12,19H2,1-4H3. The van der Waals surface area contributed by atoms with Gasteiger partial charge in [0.05, 0.1) is 30.3 Å². The highest BCUT2D eigenvalue weighted by atomic mass is 16.5. The van der Waals surface area contributed by atoms with Gasteiger partial charge in [-0.1, -0.05) is 42.2 Å². The summed E-state index contributed by atoms with van der Waals surface area (Å²) >= 11 is 0. The maximum Gasteiger partial charge on any atom is 0.307 e. The SMILES string of the molecule is CCOC(=O)CC(C)N1C(=O)c2cc(C#CCCCC#N)ccc2N(C(C)C)C(=O)C1c1ccccc1. The Balaban J connectivity index is 2.14. The molecule has 2 amide bonds. The van der Waals surface area contributed by atoms with Crippen molar-refractivity contribution in [2.24, 2.45) is 0 Å². The van der Waals surface area contributed by atoms with Gasteiger partial charge in [-0.15, -0.1) is 0 Å². The van der Waals surface area contributed by atoms with Crippen molar-refractivity contribution in [3.8, 4) is 17.9 Å². The van der Waals surface area contributed by atoms with Crippen LogP contribution in [-0.4, -0.2) is 41.4 Å². The van der Waals surface area contributed by atoms with E-state index in [2.05, 4.69) is 17.9 Å². The number of esters is 1. The number of ether oxygens (including phenoxy) is 1. The van der Waals surface area contributed by atoms with Gasteiger partial charge >= 0.3 is 5.97 Å². The largest absolute Gasteiger partial charge is 0.466 e. The highest BCUT2D eigenvalue weighted by Gasteiger charge is 2.43. The highest BCUT2D eigenvalue weighted by Crippen LogP contribution is 2.37. The number of unbranched alkanes of at least 4 members (excludes halogenated alkanes) is 2. The molecule has 7 nitrogen and oxygen atoms in total. The van der Waals surface area contributed by atoms with Crippen LogP contribution >= 0.6 is 0 Å². The molecule has 0 aromatic heterocycles. The number of carbonyl (C=O) groups excluding carboxylic acids is 3. The fourth-order valence-electron chi connectivity index (χ4n) is 4.53. The minimum absolute atomic E-state index is 0.0361. The molecule has 3 rings (SSSR count). The Morgan fingerprint density at radius 2 is 1.81 bits per heavy atom. The van der Waals surface area contributed by atoms with Gasteiger partial charge < -0.3 is 14.5 Å². The summed E-state index contributed by atoms with van der Waals surface area (Å²) < 4.78 is 5.15. The first kappa shape index (κ1) is 27.5. The van der Waals surface area contributed by atoms with Crippen molar-refractivity contribution in [3.63, 3.8) is 0 Å². The first-order valence-electron chi connectivity index (χ1n) is 12.7. The molecule has 2 unspecified atom stereocenters. The van der Waals surface area contributed by atoms with Crippen LogP contribution in [0.25, 0.3) is 0 Å². The normalized spacial score (nSPS) is 15.8. The number of hydrogen-bond donors (Lipinski definition) is 0. The number of rotatable bonds is 8. The molecule has 2 aromatic rings. The number of fused-ring (bicyclic) bond motifs is 1. The third-order valence-electron chi connectivity index (χ3n) is 6.17. The second kappa shape index (κ2) is 12.7. The predicted octanol–water partition coefficient (Wildman–Crippen LogP) is 5.01. The molecule has 0 radical (unpaired) electrons. The Labute approximate surface area is 219 Å². The lowest BCUT2D eigenvalue weighted by atomic mass is 10.0. The van der Waals surface area contributed by atoms with Crippen molar-refractivity contribution in [2.75, 3.05) is 11.5 Å². The summed E-state index contributed by atoms with van der Waals surface area (Å²) in [6.45, 7) is 7.56. The minimum Gasteiger partial charge on any atom is -0.466 e. The summed E-state index contributed by atoms with van der Waals surface area (Å²) in [5, 5.41) is 8.72. The Morgan fingerprint density at radius 1 is 1.08 bits per heavy atom. The Hall–Kier alpha value is -4.10. The number of anilines is 1. The van der Waals surface area contributed by atoms with Crippen molar-refractivity contribution < 1.29 is 19.1 Å². The van der Waals surface area contributed by atoms with Crippen LogP contribution in [0, 0.1) is 23.2 Å². The maximum absolute atomic E-state index is 14.2. The smallest absolute Gasteiger partial charge is 0.307 e. The lowest BCUT2D eigenvalue weighted by Crippen LogP contribution is -2.48. The zero-order valence-electron chi connectivity index (χ0n) is 21.9. The number of benzene rings is 2. The predicted molar refractivity (Wildman–Crippen MR) is 141 cm³/mol. The molecule has 1 aliphatic rings. The Bertz CT molecular complexity index is 1240. The molecule has 1 aliphatic heterocycles. The van der Waals surface area contributed by atoms with Crippen LogP contribution in [0.15, 0.2) is 48.5 Å². The van der Waals surface area contributed by atoms with E-state index in [9.17, 15) is 14.4 Å². The molecule has 37 heavy (non-hydrogen) atoms. The van der Waals surface area contributed by atoms with Gasteiger partial charge in [-0.05, 0) is 57.9 Å². The topological polar surface area (TPSA) is 90.7 Å². The Morgan fingerprint density at radius 3 is 2.46 bits per heavy atom. The van der Waals surface area contributed by atoms with E-state index in [0.29, 0.717) is 41.6 Å².